The van der Waals surface area contributed by atoms with Crippen molar-refractivity contribution in [3.05, 3.63) is 28.2 Å². The molecule has 0 spiro atoms. The Morgan fingerprint density at radius 2 is 2.15 bits per heavy atom. The molecule has 0 aromatic carbocycles. The number of aromatic nitrogens is 4. The van der Waals surface area contributed by atoms with Crippen LogP contribution < -0.4 is 5.73 Å². The van der Waals surface area contributed by atoms with E-state index in [1.165, 1.54) is 4.68 Å². The third-order valence-corrected chi connectivity index (χ3v) is 3.89. The summed E-state index contributed by atoms with van der Waals surface area (Å²) < 4.78 is 3.37. The van der Waals surface area contributed by atoms with Gasteiger partial charge in [-0.05, 0) is 13.3 Å². The van der Waals surface area contributed by atoms with Crippen LogP contribution in [0.4, 0.5) is 5.82 Å². The van der Waals surface area contributed by atoms with Crippen LogP contribution in [0.25, 0.3) is 0 Å². The van der Waals surface area contributed by atoms with Gasteiger partial charge in [-0.2, -0.15) is 10.2 Å². The molecule has 0 saturated heterocycles. The van der Waals surface area contributed by atoms with E-state index in [4.69, 9.17) is 17.3 Å². The van der Waals surface area contributed by atoms with E-state index in [2.05, 4.69) is 10.2 Å². The molecule has 2 heterocycles. The summed E-state index contributed by atoms with van der Waals surface area (Å²) in [5.74, 6) is 0.465. The van der Waals surface area contributed by atoms with Gasteiger partial charge in [-0.25, -0.2) is 0 Å². The zero-order valence-electron chi connectivity index (χ0n) is 12.0. The van der Waals surface area contributed by atoms with Crippen LogP contribution in [-0.2, 0) is 26.4 Å². The minimum atomic E-state index is -0.743. The Morgan fingerprint density at radius 1 is 1.45 bits per heavy atom. The van der Waals surface area contributed by atoms with Gasteiger partial charge >= 0.3 is 0 Å². The Balaban J connectivity index is 2.30. The summed E-state index contributed by atoms with van der Waals surface area (Å²) in [6, 6.07) is 0. The van der Waals surface area contributed by atoms with Crippen molar-refractivity contribution >= 4 is 17.4 Å². The van der Waals surface area contributed by atoms with Crippen LogP contribution >= 0.6 is 11.6 Å². The number of nitrogens with two attached hydrogens (primary N) is 1. The third-order valence-electron chi connectivity index (χ3n) is 3.45. The molecular weight excluding hydrogens is 278 g/mol. The molecule has 0 bridgehead atoms. The summed E-state index contributed by atoms with van der Waals surface area (Å²) in [7, 11) is 1.74. The standard InChI is InChI=1S/C13H20ClN5O/c1-4-9-12(14)10(19(5-2)17-9)6-11(20)8-7-16-18(3)13(8)15/h7,11,20H,4-6,15H2,1-3H3. The maximum atomic E-state index is 10.4. The van der Waals surface area contributed by atoms with E-state index in [1.54, 1.807) is 13.2 Å². The van der Waals surface area contributed by atoms with Gasteiger partial charge in [0.05, 0.1) is 28.7 Å². The third kappa shape index (κ3) is 2.53. The number of nitrogens with zero attached hydrogens (tertiary/aromatic N) is 4. The van der Waals surface area contributed by atoms with E-state index in [-0.39, 0.29) is 0 Å². The highest BCUT2D eigenvalue weighted by Gasteiger charge is 2.21. The molecular formula is C13H20ClN5O. The number of hydrogen-bond acceptors (Lipinski definition) is 4. The van der Waals surface area contributed by atoms with E-state index < -0.39 is 6.10 Å². The van der Waals surface area contributed by atoms with Crippen molar-refractivity contribution in [1.82, 2.24) is 19.6 Å². The molecule has 0 radical (unpaired) electrons. The fraction of sp³-hybridized carbons (Fsp3) is 0.538. The van der Waals surface area contributed by atoms with Gasteiger partial charge in [-0.3, -0.25) is 9.36 Å². The number of aryl methyl sites for hydroxylation is 3. The van der Waals surface area contributed by atoms with Gasteiger partial charge in [0, 0.05) is 25.6 Å². The average molecular weight is 298 g/mol. The summed E-state index contributed by atoms with van der Waals surface area (Å²) in [4.78, 5) is 0. The van der Waals surface area contributed by atoms with Gasteiger partial charge in [0.15, 0.2) is 0 Å². The smallest absolute Gasteiger partial charge is 0.127 e. The molecule has 0 amide bonds. The SMILES string of the molecule is CCc1nn(CC)c(CC(O)c2cnn(C)c2N)c1Cl. The van der Waals surface area contributed by atoms with Crippen molar-refractivity contribution in [2.24, 2.45) is 7.05 Å². The fourth-order valence-electron chi connectivity index (χ4n) is 2.23. The Kier molecular flexibility index (Phi) is 4.35. The Bertz CT molecular complexity index is 604. The van der Waals surface area contributed by atoms with E-state index in [0.29, 0.717) is 29.4 Å². The van der Waals surface area contributed by atoms with Gasteiger partial charge in [0.25, 0.3) is 0 Å². The minimum Gasteiger partial charge on any atom is -0.388 e. The van der Waals surface area contributed by atoms with E-state index >= 15 is 0 Å². The first kappa shape index (κ1) is 14.9. The predicted octanol–water partition coefficient (Wildman–Crippen LogP) is 1.71. The van der Waals surface area contributed by atoms with Crippen molar-refractivity contribution in [2.45, 2.75) is 39.3 Å². The summed E-state index contributed by atoms with van der Waals surface area (Å²) in [5.41, 5.74) is 8.19. The molecule has 6 nitrogen and oxygen atoms in total. The molecule has 2 aromatic rings. The Morgan fingerprint density at radius 3 is 2.65 bits per heavy atom. The number of nitrogen functional groups attached to an aromatic ring is 1. The molecule has 110 valence electrons. The molecule has 7 heteroatoms. The molecule has 0 aliphatic heterocycles. The lowest BCUT2D eigenvalue weighted by Gasteiger charge is -2.11. The zero-order valence-corrected chi connectivity index (χ0v) is 12.7. The largest absolute Gasteiger partial charge is 0.388 e. The molecule has 0 aliphatic rings. The number of rotatable bonds is 5. The second kappa shape index (κ2) is 5.85. The van der Waals surface area contributed by atoms with Gasteiger partial charge < -0.3 is 10.8 Å². The summed E-state index contributed by atoms with van der Waals surface area (Å²) in [5, 5.41) is 19.5. The fourth-order valence-corrected chi connectivity index (χ4v) is 2.57. The molecule has 2 rings (SSSR count). The zero-order chi connectivity index (χ0) is 14.9. The highest BCUT2D eigenvalue weighted by Crippen LogP contribution is 2.28. The highest BCUT2D eigenvalue weighted by molar-refractivity contribution is 6.31. The second-order valence-electron chi connectivity index (χ2n) is 4.71. The van der Waals surface area contributed by atoms with E-state index in [9.17, 15) is 5.11 Å². The number of anilines is 1. The minimum absolute atomic E-state index is 0.371. The van der Waals surface area contributed by atoms with Gasteiger partial charge in [-0.15, -0.1) is 0 Å². The molecule has 3 N–H and O–H groups in total. The van der Waals surface area contributed by atoms with Crippen LogP contribution in [0.2, 0.25) is 5.02 Å². The summed E-state index contributed by atoms with van der Waals surface area (Å²) in [6.07, 6.45) is 1.98. The monoisotopic (exact) mass is 297 g/mol. The lowest BCUT2D eigenvalue weighted by molar-refractivity contribution is 0.176. The summed E-state index contributed by atoms with van der Waals surface area (Å²) in [6.45, 7) is 4.72. The maximum absolute atomic E-state index is 10.4. The average Bonchev–Trinajstić information content (AvgIpc) is 2.92. The Labute approximate surface area is 123 Å². The van der Waals surface area contributed by atoms with Gasteiger partial charge in [0.2, 0.25) is 0 Å². The quantitative estimate of drug-likeness (QED) is 0.880. The molecule has 0 fully saturated rings. The number of halogens is 1. The van der Waals surface area contributed by atoms with Crippen LogP contribution in [0.5, 0.6) is 0 Å². The van der Waals surface area contributed by atoms with Gasteiger partial charge in [0.1, 0.15) is 5.82 Å². The lowest BCUT2D eigenvalue weighted by atomic mass is 10.1. The van der Waals surface area contributed by atoms with Crippen molar-refractivity contribution in [2.75, 3.05) is 5.73 Å². The number of aliphatic hydroxyl groups is 1. The van der Waals surface area contributed by atoms with Crippen molar-refractivity contribution in [1.29, 1.82) is 0 Å². The van der Waals surface area contributed by atoms with Crippen LogP contribution in [0.3, 0.4) is 0 Å². The van der Waals surface area contributed by atoms with Crippen molar-refractivity contribution in [3.63, 3.8) is 0 Å². The second-order valence-corrected chi connectivity index (χ2v) is 5.08. The van der Waals surface area contributed by atoms with Crippen LogP contribution in [-0.4, -0.2) is 24.7 Å². The van der Waals surface area contributed by atoms with Crippen LogP contribution in [0.1, 0.15) is 36.9 Å². The van der Waals surface area contributed by atoms with E-state index in [0.717, 1.165) is 17.8 Å². The molecule has 2 aromatic heterocycles. The highest BCUT2D eigenvalue weighted by atomic mass is 35.5. The normalized spacial score (nSPS) is 12.8. The maximum Gasteiger partial charge on any atom is 0.127 e. The van der Waals surface area contributed by atoms with Gasteiger partial charge in [-0.1, -0.05) is 18.5 Å². The lowest BCUT2D eigenvalue weighted by Crippen LogP contribution is -2.10. The molecule has 20 heavy (non-hydrogen) atoms. The topological polar surface area (TPSA) is 81.9 Å². The molecule has 1 unspecified atom stereocenters. The molecule has 0 saturated carbocycles. The van der Waals surface area contributed by atoms with Crippen molar-refractivity contribution in [3.8, 4) is 0 Å². The number of hydrogen-bond donors (Lipinski definition) is 2. The van der Waals surface area contributed by atoms with Crippen LogP contribution in [0, 0.1) is 0 Å². The summed E-state index contributed by atoms with van der Waals surface area (Å²) >= 11 is 6.34. The van der Waals surface area contributed by atoms with Crippen molar-refractivity contribution < 1.29 is 5.11 Å². The molecule has 0 aliphatic carbocycles. The first-order valence-corrected chi connectivity index (χ1v) is 7.06. The van der Waals surface area contributed by atoms with Crippen LogP contribution in [0.15, 0.2) is 6.20 Å². The first-order valence-electron chi connectivity index (χ1n) is 6.69. The molecule has 1 atom stereocenters. The predicted molar refractivity (Wildman–Crippen MR) is 78.6 cm³/mol. The van der Waals surface area contributed by atoms with E-state index in [1.807, 2.05) is 18.5 Å². The first-order chi connectivity index (χ1) is 9.49. The Hall–Kier alpha value is -1.53. The number of aliphatic hydroxyl groups excluding tert-OH is 1.